The molecule has 6 heteroatoms. The fourth-order valence-electron chi connectivity index (χ4n) is 1.77. The van der Waals surface area contributed by atoms with Gasteiger partial charge >= 0.3 is 0 Å². The summed E-state index contributed by atoms with van der Waals surface area (Å²) in [4.78, 5) is 5.06. The first-order chi connectivity index (χ1) is 8.80. The average Bonchev–Trinajstić information content (AvgIpc) is 2.71. The van der Waals surface area contributed by atoms with Crippen LogP contribution in [0.1, 0.15) is 25.8 Å². The van der Waals surface area contributed by atoms with Crippen LogP contribution in [0.3, 0.4) is 0 Å². The minimum atomic E-state index is -3.58. The van der Waals surface area contributed by atoms with Gasteiger partial charge in [0.1, 0.15) is 5.60 Å². The summed E-state index contributed by atoms with van der Waals surface area (Å²) in [5.74, 6) is -0.352. The SMILES string of the molecule is CC1(C)CC(S(=O)(=O)CC(=N)c2ccccc2)=NO1. The van der Waals surface area contributed by atoms with Crippen LogP contribution in [0.15, 0.2) is 35.5 Å². The highest BCUT2D eigenvalue weighted by Crippen LogP contribution is 2.25. The van der Waals surface area contributed by atoms with Crippen LogP contribution in [0, 0.1) is 5.41 Å². The molecule has 0 unspecified atom stereocenters. The molecule has 0 atom stereocenters. The third-order valence-electron chi connectivity index (χ3n) is 2.79. The summed E-state index contributed by atoms with van der Waals surface area (Å²) in [7, 11) is -3.58. The Morgan fingerprint density at radius 1 is 1.37 bits per heavy atom. The number of sulfone groups is 1. The maximum Gasteiger partial charge on any atom is 0.200 e. The lowest BCUT2D eigenvalue weighted by Crippen LogP contribution is -2.26. The molecule has 1 aliphatic heterocycles. The van der Waals surface area contributed by atoms with E-state index >= 15 is 0 Å². The summed E-state index contributed by atoms with van der Waals surface area (Å²) in [5, 5.41) is 11.5. The van der Waals surface area contributed by atoms with E-state index in [2.05, 4.69) is 5.16 Å². The van der Waals surface area contributed by atoms with Crippen LogP contribution in [0.5, 0.6) is 0 Å². The zero-order valence-electron chi connectivity index (χ0n) is 10.9. The van der Waals surface area contributed by atoms with Crippen LogP contribution >= 0.6 is 0 Å². The van der Waals surface area contributed by atoms with Gasteiger partial charge in [-0.15, -0.1) is 0 Å². The Morgan fingerprint density at radius 2 is 2.00 bits per heavy atom. The summed E-state index contributed by atoms with van der Waals surface area (Å²) >= 11 is 0. The van der Waals surface area contributed by atoms with E-state index in [-0.39, 0.29) is 22.9 Å². The van der Waals surface area contributed by atoms with E-state index in [1.165, 1.54) is 0 Å². The van der Waals surface area contributed by atoms with Gasteiger partial charge in [-0.3, -0.25) is 0 Å². The van der Waals surface area contributed by atoms with Crippen molar-refractivity contribution in [2.24, 2.45) is 5.16 Å². The molecule has 1 heterocycles. The van der Waals surface area contributed by atoms with E-state index in [4.69, 9.17) is 10.2 Å². The van der Waals surface area contributed by atoms with Gasteiger partial charge in [-0.2, -0.15) is 0 Å². The predicted molar refractivity (Wildman–Crippen MR) is 74.3 cm³/mol. The highest BCUT2D eigenvalue weighted by Gasteiger charge is 2.36. The van der Waals surface area contributed by atoms with E-state index in [1.807, 2.05) is 6.07 Å². The molecule has 2 rings (SSSR count). The number of rotatable bonds is 3. The average molecular weight is 280 g/mol. The van der Waals surface area contributed by atoms with Crippen molar-refractivity contribution in [1.82, 2.24) is 0 Å². The Kier molecular flexibility index (Phi) is 3.45. The van der Waals surface area contributed by atoms with E-state index in [0.717, 1.165) is 0 Å². The van der Waals surface area contributed by atoms with Crippen molar-refractivity contribution in [2.75, 3.05) is 5.75 Å². The van der Waals surface area contributed by atoms with Crippen LogP contribution in [0.4, 0.5) is 0 Å². The molecule has 1 aliphatic rings. The predicted octanol–water partition coefficient (Wildman–Crippen LogP) is 1.98. The lowest BCUT2D eigenvalue weighted by Gasteiger charge is -2.13. The second kappa shape index (κ2) is 4.77. The van der Waals surface area contributed by atoms with Crippen LogP contribution in [-0.4, -0.2) is 30.5 Å². The minimum Gasteiger partial charge on any atom is -0.389 e. The number of hydrogen-bond donors (Lipinski definition) is 1. The number of nitrogens with zero attached hydrogens (tertiary/aromatic N) is 1. The molecule has 0 aromatic heterocycles. The number of benzene rings is 1. The Morgan fingerprint density at radius 3 is 2.53 bits per heavy atom. The van der Waals surface area contributed by atoms with Crippen molar-refractivity contribution in [2.45, 2.75) is 25.9 Å². The molecule has 0 bridgehead atoms. The first-order valence-corrected chi connectivity index (χ1v) is 7.56. The summed E-state index contributed by atoms with van der Waals surface area (Å²) in [6.45, 7) is 3.56. The monoisotopic (exact) mass is 280 g/mol. The second-order valence-electron chi connectivity index (χ2n) is 5.12. The fourth-order valence-corrected chi connectivity index (χ4v) is 3.20. The molecule has 1 aromatic carbocycles. The van der Waals surface area contributed by atoms with E-state index in [9.17, 15) is 8.42 Å². The fraction of sp³-hybridized carbons (Fsp3) is 0.385. The van der Waals surface area contributed by atoms with Gasteiger partial charge in [0.15, 0.2) is 5.04 Å². The Hall–Kier alpha value is -1.69. The highest BCUT2D eigenvalue weighted by molar-refractivity contribution is 8.07. The van der Waals surface area contributed by atoms with Crippen molar-refractivity contribution < 1.29 is 13.3 Å². The van der Waals surface area contributed by atoms with Gasteiger partial charge in [-0.05, 0) is 19.4 Å². The zero-order chi connectivity index (χ0) is 14.1. The van der Waals surface area contributed by atoms with Gasteiger partial charge in [0.05, 0.1) is 11.5 Å². The van der Waals surface area contributed by atoms with Crippen LogP contribution in [0.2, 0.25) is 0 Å². The largest absolute Gasteiger partial charge is 0.389 e. The van der Waals surface area contributed by atoms with Crippen molar-refractivity contribution >= 4 is 20.6 Å². The molecule has 0 saturated heterocycles. The van der Waals surface area contributed by atoms with Crippen molar-refractivity contribution in [1.29, 1.82) is 5.41 Å². The molecule has 1 aromatic rings. The van der Waals surface area contributed by atoms with Crippen molar-refractivity contribution in [3.05, 3.63) is 35.9 Å². The maximum absolute atomic E-state index is 12.2. The minimum absolute atomic E-state index is 0.0261. The summed E-state index contributed by atoms with van der Waals surface area (Å²) in [6.07, 6.45) is 0.247. The first kappa shape index (κ1) is 13.7. The lowest BCUT2D eigenvalue weighted by molar-refractivity contribution is 0.0123. The number of oxime groups is 1. The number of hydrogen-bond acceptors (Lipinski definition) is 5. The molecule has 0 spiro atoms. The van der Waals surface area contributed by atoms with Gasteiger partial charge in [-0.25, -0.2) is 8.42 Å². The summed E-state index contributed by atoms with van der Waals surface area (Å²) < 4.78 is 24.3. The van der Waals surface area contributed by atoms with Crippen LogP contribution in [0.25, 0.3) is 0 Å². The second-order valence-corrected chi connectivity index (χ2v) is 7.11. The van der Waals surface area contributed by atoms with Gasteiger partial charge in [-0.1, -0.05) is 35.5 Å². The Bertz CT molecular complexity index is 619. The van der Waals surface area contributed by atoms with Crippen LogP contribution < -0.4 is 0 Å². The van der Waals surface area contributed by atoms with Gasteiger partial charge in [0.25, 0.3) is 0 Å². The Balaban J connectivity index is 2.13. The molecule has 0 fully saturated rings. The van der Waals surface area contributed by atoms with E-state index in [0.29, 0.717) is 5.56 Å². The molecular formula is C13H16N2O3S. The van der Waals surface area contributed by atoms with Gasteiger partial charge in [0.2, 0.25) is 9.84 Å². The lowest BCUT2D eigenvalue weighted by atomic mass is 10.1. The zero-order valence-corrected chi connectivity index (χ0v) is 11.7. The molecule has 0 radical (unpaired) electrons. The van der Waals surface area contributed by atoms with Gasteiger partial charge < -0.3 is 10.2 Å². The van der Waals surface area contributed by atoms with Crippen molar-refractivity contribution in [3.8, 4) is 0 Å². The van der Waals surface area contributed by atoms with E-state index in [1.54, 1.807) is 38.1 Å². The molecule has 1 N–H and O–H groups in total. The topological polar surface area (TPSA) is 79.6 Å². The summed E-state index contributed by atoms with van der Waals surface area (Å²) in [6, 6.07) is 8.80. The normalized spacial score (nSPS) is 17.7. The molecule has 0 aliphatic carbocycles. The molecule has 19 heavy (non-hydrogen) atoms. The molecule has 0 amide bonds. The van der Waals surface area contributed by atoms with E-state index < -0.39 is 15.4 Å². The third-order valence-corrected chi connectivity index (χ3v) is 4.39. The van der Waals surface area contributed by atoms with Crippen molar-refractivity contribution in [3.63, 3.8) is 0 Å². The van der Waals surface area contributed by atoms with Gasteiger partial charge in [0, 0.05) is 6.42 Å². The quantitative estimate of drug-likeness (QED) is 0.860. The first-order valence-electron chi connectivity index (χ1n) is 5.91. The third kappa shape index (κ3) is 3.20. The molecular weight excluding hydrogens is 264 g/mol. The Labute approximate surface area is 112 Å². The molecule has 5 nitrogen and oxygen atoms in total. The highest BCUT2D eigenvalue weighted by atomic mass is 32.2. The number of nitrogens with one attached hydrogen (secondary N) is 1. The molecule has 0 saturated carbocycles. The standard InChI is InChI=1S/C13H16N2O3S/c1-13(2)8-12(15-18-13)19(16,17)9-11(14)10-6-4-3-5-7-10/h3-7,14H,8-9H2,1-2H3. The smallest absolute Gasteiger partial charge is 0.200 e. The van der Waals surface area contributed by atoms with Crippen LogP contribution in [-0.2, 0) is 14.7 Å². The molecule has 102 valence electrons. The maximum atomic E-state index is 12.2. The summed E-state index contributed by atoms with van der Waals surface area (Å²) in [5.41, 5.74) is 0.0787.